The lowest BCUT2D eigenvalue weighted by molar-refractivity contribution is 0.0526. The maximum Gasteiger partial charge on any atom is 0.338 e. The highest BCUT2D eigenvalue weighted by atomic mass is 32.1. The van der Waals surface area contributed by atoms with Gasteiger partial charge in [0.1, 0.15) is 5.01 Å². The number of nitrogens with one attached hydrogen (secondary N) is 2. The molecule has 9 nitrogen and oxygen atoms in total. The van der Waals surface area contributed by atoms with Gasteiger partial charge in [0.25, 0.3) is 5.91 Å². The summed E-state index contributed by atoms with van der Waals surface area (Å²) in [5.74, 6) is -0.679. The number of esters is 1. The SMILES string of the molecule is CCOC(=O)c1ccc(NC(=O)N2CCC[C@H](c3nnc(C(=O)Nc4ccc(C)cc4)s3)C2)cc1. The van der Waals surface area contributed by atoms with E-state index < -0.39 is 5.97 Å². The van der Waals surface area contributed by atoms with Crippen LogP contribution in [0.5, 0.6) is 0 Å². The zero-order chi connectivity index (χ0) is 24.8. The van der Waals surface area contributed by atoms with E-state index in [9.17, 15) is 14.4 Å². The molecule has 3 aromatic rings. The van der Waals surface area contributed by atoms with Gasteiger partial charge in [-0.05, 0) is 63.1 Å². The summed E-state index contributed by atoms with van der Waals surface area (Å²) in [5, 5.41) is 15.1. The average Bonchev–Trinajstić information content (AvgIpc) is 3.37. The van der Waals surface area contributed by atoms with Gasteiger partial charge in [0.2, 0.25) is 5.01 Å². The van der Waals surface area contributed by atoms with Crippen molar-refractivity contribution in [3.63, 3.8) is 0 Å². The van der Waals surface area contributed by atoms with E-state index in [0.29, 0.717) is 41.6 Å². The molecule has 2 N–H and O–H groups in total. The Morgan fingerprint density at radius 3 is 2.43 bits per heavy atom. The molecule has 1 aliphatic heterocycles. The minimum absolute atomic E-state index is 0.0131. The molecule has 1 atom stereocenters. The molecule has 0 spiro atoms. The molecule has 35 heavy (non-hydrogen) atoms. The minimum atomic E-state index is -0.395. The van der Waals surface area contributed by atoms with Gasteiger partial charge in [-0.2, -0.15) is 0 Å². The lowest BCUT2D eigenvalue weighted by atomic mass is 9.99. The van der Waals surface area contributed by atoms with Crippen molar-refractivity contribution < 1.29 is 19.1 Å². The summed E-state index contributed by atoms with van der Waals surface area (Å²) >= 11 is 1.26. The van der Waals surface area contributed by atoms with Crippen molar-refractivity contribution in [3.05, 3.63) is 69.7 Å². The number of carbonyl (C=O) groups is 3. The molecule has 2 heterocycles. The molecule has 0 bridgehead atoms. The molecule has 0 radical (unpaired) electrons. The Hall–Kier alpha value is -3.79. The summed E-state index contributed by atoms with van der Waals surface area (Å²) in [7, 11) is 0. The van der Waals surface area contributed by atoms with Crippen molar-refractivity contribution in [2.75, 3.05) is 30.3 Å². The van der Waals surface area contributed by atoms with E-state index in [0.717, 1.165) is 23.4 Å². The quantitative estimate of drug-likeness (QED) is 0.482. The normalized spacial score (nSPS) is 15.4. The molecule has 1 saturated heterocycles. The van der Waals surface area contributed by atoms with Crippen molar-refractivity contribution in [1.82, 2.24) is 15.1 Å². The van der Waals surface area contributed by atoms with Crippen LogP contribution in [0.1, 0.15) is 56.4 Å². The van der Waals surface area contributed by atoms with Crippen LogP contribution in [0, 0.1) is 6.92 Å². The number of piperidine rings is 1. The van der Waals surface area contributed by atoms with Gasteiger partial charge in [0, 0.05) is 30.4 Å². The van der Waals surface area contributed by atoms with Gasteiger partial charge in [-0.1, -0.05) is 29.0 Å². The second kappa shape index (κ2) is 11.1. The Morgan fingerprint density at radius 1 is 1.03 bits per heavy atom. The third-order valence-electron chi connectivity index (χ3n) is 5.65. The van der Waals surface area contributed by atoms with Crippen LogP contribution in [0.2, 0.25) is 0 Å². The van der Waals surface area contributed by atoms with Crippen LogP contribution in [0.3, 0.4) is 0 Å². The predicted molar refractivity (Wildman–Crippen MR) is 134 cm³/mol. The highest BCUT2D eigenvalue weighted by Gasteiger charge is 2.28. The first-order chi connectivity index (χ1) is 16.9. The summed E-state index contributed by atoms with van der Waals surface area (Å²) in [6.45, 7) is 5.16. The molecular formula is C25H27N5O4S. The summed E-state index contributed by atoms with van der Waals surface area (Å²) in [6.07, 6.45) is 1.69. The largest absolute Gasteiger partial charge is 0.462 e. The summed E-state index contributed by atoms with van der Waals surface area (Å²) in [4.78, 5) is 38.9. The van der Waals surface area contributed by atoms with E-state index in [4.69, 9.17) is 4.74 Å². The molecule has 0 saturated carbocycles. The maximum atomic E-state index is 12.8. The third kappa shape index (κ3) is 6.21. The fourth-order valence-corrected chi connectivity index (χ4v) is 4.65. The van der Waals surface area contributed by atoms with Gasteiger partial charge in [-0.3, -0.25) is 4.79 Å². The molecule has 1 fully saturated rings. The zero-order valence-electron chi connectivity index (χ0n) is 19.6. The lowest BCUT2D eigenvalue weighted by Crippen LogP contribution is -2.41. The fourth-order valence-electron chi connectivity index (χ4n) is 3.78. The van der Waals surface area contributed by atoms with E-state index in [1.807, 2.05) is 31.2 Å². The molecule has 182 valence electrons. The highest BCUT2D eigenvalue weighted by molar-refractivity contribution is 7.13. The molecule has 4 rings (SSSR count). The van der Waals surface area contributed by atoms with Gasteiger partial charge in [0.05, 0.1) is 12.2 Å². The summed E-state index contributed by atoms with van der Waals surface area (Å²) in [6, 6.07) is 13.9. The van der Waals surface area contributed by atoms with Gasteiger partial charge in [-0.15, -0.1) is 10.2 Å². The molecule has 0 aliphatic carbocycles. The summed E-state index contributed by atoms with van der Waals surface area (Å²) in [5.41, 5.74) is 2.84. The van der Waals surface area contributed by atoms with E-state index in [2.05, 4.69) is 20.8 Å². The number of carbonyl (C=O) groups excluding carboxylic acids is 3. The van der Waals surface area contributed by atoms with Crippen molar-refractivity contribution >= 4 is 40.6 Å². The number of nitrogens with zero attached hydrogens (tertiary/aromatic N) is 3. The molecule has 10 heteroatoms. The van der Waals surface area contributed by atoms with E-state index in [1.165, 1.54) is 11.3 Å². The van der Waals surface area contributed by atoms with E-state index in [-0.39, 0.29) is 17.9 Å². The molecule has 2 aromatic carbocycles. The van der Waals surface area contributed by atoms with Crippen LogP contribution >= 0.6 is 11.3 Å². The van der Waals surface area contributed by atoms with Crippen LogP contribution in [0.4, 0.5) is 16.2 Å². The third-order valence-corrected chi connectivity index (χ3v) is 6.73. The standard InChI is InChI=1S/C25H27N5O4S/c1-3-34-24(32)17-8-12-20(13-9-17)27-25(33)30-14-4-5-18(15-30)22-28-29-23(35-22)21(31)26-19-10-6-16(2)7-11-19/h6-13,18H,3-5,14-15H2,1-2H3,(H,26,31)(H,27,33)/t18-/m0/s1. The van der Waals surface area contributed by atoms with Gasteiger partial charge < -0.3 is 20.3 Å². The van der Waals surface area contributed by atoms with Crippen molar-refractivity contribution in [2.24, 2.45) is 0 Å². The number of aryl methyl sites for hydroxylation is 1. The van der Waals surface area contributed by atoms with E-state index >= 15 is 0 Å². The van der Waals surface area contributed by atoms with Crippen LogP contribution in [0.15, 0.2) is 48.5 Å². The first kappa shape index (κ1) is 24.3. The van der Waals surface area contributed by atoms with Crippen LogP contribution in [-0.2, 0) is 4.74 Å². The number of rotatable bonds is 6. The van der Waals surface area contributed by atoms with Crippen molar-refractivity contribution in [1.29, 1.82) is 0 Å². The van der Waals surface area contributed by atoms with Crippen molar-refractivity contribution in [3.8, 4) is 0 Å². The lowest BCUT2D eigenvalue weighted by Gasteiger charge is -2.31. The average molecular weight is 494 g/mol. The van der Waals surface area contributed by atoms with Gasteiger partial charge in [0.15, 0.2) is 0 Å². The number of ether oxygens (including phenoxy) is 1. The fraction of sp³-hybridized carbons (Fsp3) is 0.320. The number of amides is 3. The number of hydrogen-bond donors (Lipinski definition) is 2. The van der Waals surface area contributed by atoms with Crippen LogP contribution in [0.25, 0.3) is 0 Å². The van der Waals surface area contributed by atoms with Crippen molar-refractivity contribution in [2.45, 2.75) is 32.6 Å². The van der Waals surface area contributed by atoms with Gasteiger partial charge in [-0.25, -0.2) is 9.59 Å². The Kier molecular flexibility index (Phi) is 7.71. The number of anilines is 2. The Morgan fingerprint density at radius 2 is 1.71 bits per heavy atom. The highest BCUT2D eigenvalue weighted by Crippen LogP contribution is 2.30. The van der Waals surface area contributed by atoms with Crippen LogP contribution in [-0.4, -0.2) is 52.7 Å². The minimum Gasteiger partial charge on any atom is -0.462 e. The molecule has 0 unspecified atom stereocenters. The second-order valence-corrected chi connectivity index (χ2v) is 9.29. The van der Waals surface area contributed by atoms with E-state index in [1.54, 1.807) is 36.1 Å². The monoisotopic (exact) mass is 493 g/mol. The van der Waals surface area contributed by atoms with Crippen LogP contribution < -0.4 is 10.6 Å². The number of hydrogen-bond acceptors (Lipinski definition) is 7. The summed E-state index contributed by atoms with van der Waals surface area (Å²) < 4.78 is 4.98. The second-order valence-electron chi connectivity index (χ2n) is 8.28. The number of aromatic nitrogens is 2. The first-order valence-electron chi connectivity index (χ1n) is 11.5. The number of likely N-dealkylation sites (tertiary alicyclic amines) is 1. The molecule has 1 aliphatic rings. The number of urea groups is 1. The maximum absolute atomic E-state index is 12.8. The number of benzene rings is 2. The molecular weight excluding hydrogens is 466 g/mol. The zero-order valence-corrected chi connectivity index (χ0v) is 20.4. The first-order valence-corrected chi connectivity index (χ1v) is 12.3. The Labute approximate surface area is 207 Å². The Bertz CT molecular complexity index is 1190. The molecule has 3 amide bonds. The van der Waals surface area contributed by atoms with Gasteiger partial charge >= 0.3 is 12.0 Å². The Balaban J connectivity index is 1.34. The molecule has 1 aromatic heterocycles. The topological polar surface area (TPSA) is 114 Å². The smallest absolute Gasteiger partial charge is 0.338 e. The predicted octanol–water partition coefficient (Wildman–Crippen LogP) is 4.69.